The number of likely N-dealkylation sites (tertiary alicyclic amines) is 1. The third-order valence-corrected chi connectivity index (χ3v) is 4.59. The third-order valence-electron chi connectivity index (χ3n) is 4.59. The van der Waals surface area contributed by atoms with Gasteiger partial charge < -0.3 is 15.5 Å². The first kappa shape index (κ1) is 19.2. The molecule has 1 fully saturated rings. The van der Waals surface area contributed by atoms with Crippen molar-refractivity contribution in [3.05, 3.63) is 24.5 Å². The number of pyridine rings is 1. The van der Waals surface area contributed by atoms with E-state index in [-0.39, 0.29) is 12.5 Å². The highest BCUT2D eigenvalue weighted by atomic mass is 16.1. The van der Waals surface area contributed by atoms with Gasteiger partial charge in [0.05, 0.1) is 11.9 Å². The summed E-state index contributed by atoms with van der Waals surface area (Å²) in [6.45, 7) is 9.56. The average molecular weight is 345 g/mol. The Hall–Kier alpha value is -2.11. The highest BCUT2D eigenvalue weighted by Crippen LogP contribution is 2.33. The zero-order valence-electron chi connectivity index (χ0n) is 15.7. The number of carbonyl (C=O) groups is 1. The maximum Gasteiger partial charge on any atom is 0.246 e. The van der Waals surface area contributed by atoms with E-state index in [0.29, 0.717) is 11.1 Å². The molecule has 0 bridgehead atoms. The predicted octanol–water partition coefficient (Wildman–Crippen LogP) is 2.89. The zero-order valence-corrected chi connectivity index (χ0v) is 15.7. The number of piperidine rings is 1. The molecule has 1 amide bonds. The van der Waals surface area contributed by atoms with Gasteiger partial charge in [-0.3, -0.25) is 9.78 Å². The number of guanidine groups is 1. The summed E-state index contributed by atoms with van der Waals surface area (Å²) < 4.78 is 0. The predicted molar refractivity (Wildman–Crippen MR) is 103 cm³/mol. The van der Waals surface area contributed by atoms with Crippen molar-refractivity contribution in [2.45, 2.75) is 46.5 Å². The van der Waals surface area contributed by atoms with Crippen molar-refractivity contribution in [1.82, 2.24) is 15.2 Å². The number of aliphatic imine (C=N–C) groups is 1. The first-order valence-electron chi connectivity index (χ1n) is 9.29. The second-order valence-electron chi connectivity index (χ2n) is 7.05. The lowest BCUT2D eigenvalue weighted by Gasteiger charge is -2.42. The summed E-state index contributed by atoms with van der Waals surface area (Å²) in [6.07, 6.45) is 8.17. The second-order valence-corrected chi connectivity index (χ2v) is 7.05. The van der Waals surface area contributed by atoms with Crippen molar-refractivity contribution in [2.24, 2.45) is 10.4 Å². The van der Waals surface area contributed by atoms with Crippen LogP contribution >= 0.6 is 0 Å². The van der Waals surface area contributed by atoms with Crippen LogP contribution in [0.5, 0.6) is 0 Å². The van der Waals surface area contributed by atoms with E-state index < -0.39 is 0 Å². The monoisotopic (exact) mass is 345 g/mol. The Morgan fingerprint density at radius 3 is 2.96 bits per heavy atom. The quantitative estimate of drug-likeness (QED) is 0.614. The van der Waals surface area contributed by atoms with Gasteiger partial charge in [0.2, 0.25) is 5.91 Å². The van der Waals surface area contributed by atoms with Gasteiger partial charge in [-0.15, -0.1) is 0 Å². The number of hydrogen-bond donors (Lipinski definition) is 2. The van der Waals surface area contributed by atoms with Crippen molar-refractivity contribution >= 4 is 17.6 Å². The van der Waals surface area contributed by atoms with E-state index in [2.05, 4.69) is 46.3 Å². The fraction of sp³-hybridized carbons (Fsp3) is 0.632. The SMILES string of the molecule is CCCC1(C)CCCN(C(=NCC(=O)Nc2cccnc2)NCC)C1. The molecule has 0 aliphatic carbocycles. The van der Waals surface area contributed by atoms with Crippen molar-refractivity contribution in [3.63, 3.8) is 0 Å². The van der Waals surface area contributed by atoms with E-state index in [1.807, 2.05) is 6.07 Å². The lowest BCUT2D eigenvalue weighted by atomic mass is 9.78. The molecule has 0 aromatic carbocycles. The van der Waals surface area contributed by atoms with E-state index in [4.69, 9.17) is 0 Å². The van der Waals surface area contributed by atoms with Gasteiger partial charge in [0, 0.05) is 25.8 Å². The van der Waals surface area contributed by atoms with Gasteiger partial charge in [0.1, 0.15) is 6.54 Å². The van der Waals surface area contributed by atoms with Gasteiger partial charge in [0.15, 0.2) is 5.96 Å². The lowest BCUT2D eigenvalue weighted by molar-refractivity contribution is -0.114. The summed E-state index contributed by atoms with van der Waals surface area (Å²) in [7, 11) is 0. The van der Waals surface area contributed by atoms with Crippen LogP contribution in [-0.2, 0) is 4.79 Å². The molecule has 1 aromatic rings. The molecule has 1 aromatic heterocycles. The van der Waals surface area contributed by atoms with Crippen LogP contribution in [0.25, 0.3) is 0 Å². The molecular formula is C19H31N5O. The normalized spacial score (nSPS) is 21.1. The number of nitrogens with one attached hydrogen (secondary N) is 2. The summed E-state index contributed by atoms with van der Waals surface area (Å²) in [5.41, 5.74) is 1.03. The first-order valence-corrected chi connectivity index (χ1v) is 9.29. The molecule has 25 heavy (non-hydrogen) atoms. The number of hydrogen-bond acceptors (Lipinski definition) is 3. The van der Waals surface area contributed by atoms with Crippen LogP contribution in [-0.4, -0.2) is 47.9 Å². The van der Waals surface area contributed by atoms with Crippen LogP contribution < -0.4 is 10.6 Å². The van der Waals surface area contributed by atoms with Crippen LogP contribution in [0, 0.1) is 5.41 Å². The van der Waals surface area contributed by atoms with E-state index in [1.165, 1.54) is 25.7 Å². The maximum absolute atomic E-state index is 12.1. The van der Waals surface area contributed by atoms with Gasteiger partial charge >= 0.3 is 0 Å². The third kappa shape index (κ3) is 6.03. The Balaban J connectivity index is 1.98. The first-order chi connectivity index (χ1) is 12.1. The minimum Gasteiger partial charge on any atom is -0.357 e. The Morgan fingerprint density at radius 1 is 1.44 bits per heavy atom. The molecular weight excluding hydrogens is 314 g/mol. The van der Waals surface area contributed by atoms with Gasteiger partial charge in [-0.1, -0.05) is 20.3 Å². The van der Waals surface area contributed by atoms with Crippen LogP contribution in [0.3, 0.4) is 0 Å². The van der Waals surface area contributed by atoms with Crippen molar-refractivity contribution in [2.75, 3.05) is 31.5 Å². The minimum atomic E-state index is -0.128. The van der Waals surface area contributed by atoms with Gasteiger partial charge in [-0.2, -0.15) is 0 Å². The molecule has 1 aliphatic rings. The molecule has 6 heteroatoms. The Labute approximate surface area is 151 Å². The maximum atomic E-state index is 12.1. The number of anilines is 1. The Morgan fingerprint density at radius 2 is 2.28 bits per heavy atom. The summed E-state index contributed by atoms with van der Waals surface area (Å²) in [6, 6.07) is 3.62. The van der Waals surface area contributed by atoms with Gasteiger partial charge in [-0.25, -0.2) is 4.99 Å². The number of carbonyl (C=O) groups excluding carboxylic acids is 1. The molecule has 1 atom stereocenters. The molecule has 2 heterocycles. The molecule has 6 nitrogen and oxygen atoms in total. The van der Waals surface area contributed by atoms with E-state index in [9.17, 15) is 4.79 Å². The van der Waals surface area contributed by atoms with Crippen molar-refractivity contribution in [3.8, 4) is 0 Å². The van der Waals surface area contributed by atoms with Gasteiger partial charge in [-0.05, 0) is 43.7 Å². The zero-order chi connectivity index (χ0) is 18.1. The molecule has 0 radical (unpaired) electrons. The molecule has 138 valence electrons. The molecule has 1 saturated heterocycles. The van der Waals surface area contributed by atoms with Crippen LogP contribution in [0.4, 0.5) is 5.69 Å². The number of nitrogens with zero attached hydrogens (tertiary/aromatic N) is 3. The molecule has 2 rings (SSSR count). The highest BCUT2D eigenvalue weighted by Gasteiger charge is 2.31. The highest BCUT2D eigenvalue weighted by molar-refractivity contribution is 5.93. The number of amides is 1. The van der Waals surface area contributed by atoms with E-state index in [0.717, 1.165) is 25.6 Å². The fourth-order valence-corrected chi connectivity index (χ4v) is 3.51. The fourth-order valence-electron chi connectivity index (χ4n) is 3.51. The van der Waals surface area contributed by atoms with Crippen LogP contribution in [0.2, 0.25) is 0 Å². The van der Waals surface area contributed by atoms with E-state index in [1.54, 1.807) is 18.5 Å². The summed E-state index contributed by atoms with van der Waals surface area (Å²) in [4.78, 5) is 23.0. The van der Waals surface area contributed by atoms with Crippen molar-refractivity contribution in [1.29, 1.82) is 0 Å². The summed E-state index contributed by atoms with van der Waals surface area (Å²) in [5, 5.41) is 6.16. The second kappa shape index (κ2) is 9.39. The largest absolute Gasteiger partial charge is 0.357 e. The molecule has 0 saturated carbocycles. The topological polar surface area (TPSA) is 69.6 Å². The van der Waals surface area contributed by atoms with Crippen molar-refractivity contribution < 1.29 is 4.79 Å². The van der Waals surface area contributed by atoms with E-state index >= 15 is 0 Å². The van der Waals surface area contributed by atoms with Gasteiger partial charge in [0.25, 0.3) is 0 Å². The summed E-state index contributed by atoms with van der Waals surface area (Å²) in [5.74, 6) is 0.711. The Kier molecular flexibility index (Phi) is 7.22. The molecule has 0 spiro atoms. The molecule has 2 N–H and O–H groups in total. The van der Waals surface area contributed by atoms with Crippen LogP contribution in [0.15, 0.2) is 29.5 Å². The summed E-state index contributed by atoms with van der Waals surface area (Å²) >= 11 is 0. The lowest BCUT2D eigenvalue weighted by Crippen LogP contribution is -2.50. The minimum absolute atomic E-state index is 0.109. The molecule has 1 aliphatic heterocycles. The number of rotatable bonds is 6. The Bertz CT molecular complexity index is 570. The number of aromatic nitrogens is 1. The molecule has 1 unspecified atom stereocenters. The van der Waals surface area contributed by atoms with Crippen LogP contribution in [0.1, 0.15) is 46.5 Å². The smallest absolute Gasteiger partial charge is 0.246 e. The standard InChI is InChI=1S/C19H31N5O/c1-4-9-19(3)10-7-12-24(15-19)18(21-5-2)22-14-17(25)23-16-8-6-11-20-13-16/h6,8,11,13H,4-5,7,9-10,12,14-15H2,1-3H3,(H,21,22)(H,23,25). The average Bonchev–Trinajstić information content (AvgIpc) is 2.59.